The van der Waals surface area contributed by atoms with Crippen molar-refractivity contribution in [3.8, 4) is 5.75 Å². The van der Waals surface area contributed by atoms with Crippen LogP contribution in [0.4, 0.5) is 0 Å². The average molecular weight is 177 g/mol. The number of benzene rings is 1. The van der Waals surface area contributed by atoms with Gasteiger partial charge in [0.25, 0.3) is 0 Å². The van der Waals surface area contributed by atoms with Gasteiger partial charge >= 0.3 is 0 Å². The number of hydrogen-bond acceptors (Lipinski definition) is 2. The Morgan fingerprint density at radius 3 is 2.31 bits per heavy atom. The van der Waals surface area contributed by atoms with E-state index in [4.69, 9.17) is 10.5 Å². The van der Waals surface area contributed by atoms with Gasteiger partial charge in [0.2, 0.25) is 0 Å². The zero-order valence-electron chi connectivity index (χ0n) is 7.86. The summed E-state index contributed by atoms with van der Waals surface area (Å²) in [5.74, 6) is 1.49. The molecule has 70 valence electrons. The van der Waals surface area contributed by atoms with E-state index in [1.807, 2.05) is 12.1 Å². The predicted octanol–water partition coefficient (Wildman–Crippen LogP) is 1.90. The number of rotatable bonds is 2. The van der Waals surface area contributed by atoms with Crippen LogP contribution in [0.15, 0.2) is 24.3 Å². The highest BCUT2D eigenvalue weighted by atomic mass is 16.5. The lowest BCUT2D eigenvalue weighted by atomic mass is 9.76. The highest BCUT2D eigenvalue weighted by Gasteiger charge is 2.28. The van der Waals surface area contributed by atoms with Crippen LogP contribution in [0.3, 0.4) is 0 Å². The van der Waals surface area contributed by atoms with Crippen LogP contribution in [0.25, 0.3) is 0 Å². The van der Waals surface area contributed by atoms with Crippen molar-refractivity contribution in [3.05, 3.63) is 29.8 Å². The van der Waals surface area contributed by atoms with Gasteiger partial charge in [-0.15, -0.1) is 0 Å². The topological polar surface area (TPSA) is 35.2 Å². The Balaban J connectivity index is 2.13. The van der Waals surface area contributed by atoms with Crippen molar-refractivity contribution in [2.24, 2.45) is 5.73 Å². The SMILES string of the molecule is COc1ccc([C@@H]2CC[C@@H]2N)cc1. The second kappa shape index (κ2) is 3.38. The standard InChI is InChI=1S/C11H15NO/c1-13-9-4-2-8(3-5-9)10-6-7-11(10)12/h2-5,10-11H,6-7,12H2,1H3/t10-,11-/m0/s1. The van der Waals surface area contributed by atoms with E-state index in [1.165, 1.54) is 12.0 Å². The van der Waals surface area contributed by atoms with E-state index in [1.54, 1.807) is 7.11 Å². The lowest BCUT2D eigenvalue weighted by molar-refractivity contribution is 0.346. The lowest BCUT2D eigenvalue weighted by Crippen LogP contribution is -2.37. The first-order valence-corrected chi connectivity index (χ1v) is 4.71. The Morgan fingerprint density at radius 1 is 1.23 bits per heavy atom. The molecule has 2 heteroatoms. The molecule has 0 heterocycles. The third-order valence-electron chi connectivity index (χ3n) is 2.87. The maximum absolute atomic E-state index is 5.89. The molecule has 0 bridgehead atoms. The summed E-state index contributed by atoms with van der Waals surface area (Å²) in [6.07, 6.45) is 2.39. The Labute approximate surface area is 78.7 Å². The van der Waals surface area contributed by atoms with Crippen molar-refractivity contribution < 1.29 is 4.74 Å². The first kappa shape index (κ1) is 8.57. The van der Waals surface area contributed by atoms with E-state index >= 15 is 0 Å². The van der Waals surface area contributed by atoms with Crippen LogP contribution in [-0.2, 0) is 0 Å². The van der Waals surface area contributed by atoms with E-state index in [2.05, 4.69) is 12.1 Å². The molecule has 2 atom stereocenters. The fourth-order valence-electron chi connectivity index (χ4n) is 1.79. The second-order valence-electron chi connectivity index (χ2n) is 3.62. The van der Waals surface area contributed by atoms with Gasteiger partial charge in [0.15, 0.2) is 0 Å². The van der Waals surface area contributed by atoms with Crippen molar-refractivity contribution >= 4 is 0 Å². The van der Waals surface area contributed by atoms with Gasteiger partial charge in [0.1, 0.15) is 5.75 Å². The highest BCUT2D eigenvalue weighted by molar-refractivity contribution is 5.31. The minimum Gasteiger partial charge on any atom is -0.497 e. The maximum atomic E-state index is 5.89. The molecule has 1 aliphatic rings. The smallest absolute Gasteiger partial charge is 0.118 e. The molecule has 2 N–H and O–H groups in total. The Bertz CT molecular complexity index is 281. The van der Waals surface area contributed by atoms with Crippen molar-refractivity contribution in [2.45, 2.75) is 24.8 Å². The molecule has 2 rings (SSSR count). The van der Waals surface area contributed by atoms with Crippen molar-refractivity contribution in [2.75, 3.05) is 7.11 Å². The minimum absolute atomic E-state index is 0.369. The summed E-state index contributed by atoms with van der Waals surface area (Å²) in [6.45, 7) is 0. The molecule has 1 aromatic rings. The van der Waals surface area contributed by atoms with Crippen LogP contribution < -0.4 is 10.5 Å². The third kappa shape index (κ3) is 1.54. The van der Waals surface area contributed by atoms with Gasteiger partial charge < -0.3 is 10.5 Å². The third-order valence-corrected chi connectivity index (χ3v) is 2.87. The van der Waals surface area contributed by atoms with E-state index < -0.39 is 0 Å². The Morgan fingerprint density at radius 2 is 1.92 bits per heavy atom. The van der Waals surface area contributed by atoms with Crippen molar-refractivity contribution in [1.29, 1.82) is 0 Å². The van der Waals surface area contributed by atoms with Crippen LogP contribution in [-0.4, -0.2) is 13.2 Å². The van der Waals surface area contributed by atoms with Gasteiger partial charge in [0, 0.05) is 6.04 Å². The summed E-state index contributed by atoms with van der Waals surface area (Å²) in [5.41, 5.74) is 7.24. The normalized spacial score (nSPS) is 26.6. The van der Waals surface area contributed by atoms with E-state index in [0.29, 0.717) is 12.0 Å². The monoisotopic (exact) mass is 177 g/mol. The lowest BCUT2D eigenvalue weighted by Gasteiger charge is -2.33. The molecule has 0 unspecified atom stereocenters. The van der Waals surface area contributed by atoms with Crippen LogP contribution in [0, 0.1) is 0 Å². The van der Waals surface area contributed by atoms with Crippen LogP contribution in [0.2, 0.25) is 0 Å². The van der Waals surface area contributed by atoms with Gasteiger partial charge in [-0.05, 0) is 36.5 Å². The molecule has 13 heavy (non-hydrogen) atoms. The summed E-state index contributed by atoms with van der Waals surface area (Å²) in [5, 5.41) is 0. The molecular weight excluding hydrogens is 162 g/mol. The second-order valence-corrected chi connectivity index (χ2v) is 3.62. The summed E-state index contributed by atoms with van der Waals surface area (Å²) in [7, 11) is 1.68. The van der Waals surface area contributed by atoms with Crippen molar-refractivity contribution in [1.82, 2.24) is 0 Å². The predicted molar refractivity (Wildman–Crippen MR) is 52.9 cm³/mol. The van der Waals surface area contributed by atoms with E-state index in [9.17, 15) is 0 Å². The average Bonchev–Trinajstić information content (AvgIpc) is 2.17. The number of hydrogen-bond donors (Lipinski definition) is 1. The fourth-order valence-corrected chi connectivity index (χ4v) is 1.79. The molecule has 0 radical (unpaired) electrons. The van der Waals surface area contributed by atoms with Gasteiger partial charge in [-0.1, -0.05) is 12.1 Å². The Kier molecular flexibility index (Phi) is 2.23. The summed E-state index contributed by atoms with van der Waals surface area (Å²) < 4.78 is 5.10. The quantitative estimate of drug-likeness (QED) is 0.748. The molecule has 0 aliphatic heterocycles. The van der Waals surface area contributed by atoms with E-state index in [0.717, 1.165) is 12.2 Å². The van der Waals surface area contributed by atoms with E-state index in [-0.39, 0.29) is 0 Å². The molecule has 1 saturated carbocycles. The minimum atomic E-state index is 0.369. The molecule has 2 nitrogen and oxygen atoms in total. The molecule has 0 saturated heterocycles. The molecule has 0 amide bonds. The highest BCUT2D eigenvalue weighted by Crippen LogP contribution is 2.35. The number of ether oxygens (including phenoxy) is 1. The van der Waals surface area contributed by atoms with Gasteiger partial charge in [-0.25, -0.2) is 0 Å². The summed E-state index contributed by atoms with van der Waals surface area (Å²) in [4.78, 5) is 0. The van der Waals surface area contributed by atoms with Crippen LogP contribution in [0.1, 0.15) is 24.3 Å². The van der Waals surface area contributed by atoms with Crippen LogP contribution >= 0.6 is 0 Å². The number of methoxy groups -OCH3 is 1. The van der Waals surface area contributed by atoms with Gasteiger partial charge in [-0.3, -0.25) is 0 Å². The fraction of sp³-hybridized carbons (Fsp3) is 0.455. The van der Waals surface area contributed by atoms with Crippen LogP contribution in [0.5, 0.6) is 5.75 Å². The zero-order valence-corrected chi connectivity index (χ0v) is 7.86. The first-order valence-electron chi connectivity index (χ1n) is 4.71. The van der Waals surface area contributed by atoms with Gasteiger partial charge in [-0.2, -0.15) is 0 Å². The molecule has 1 fully saturated rings. The maximum Gasteiger partial charge on any atom is 0.118 e. The zero-order chi connectivity index (χ0) is 9.26. The molecule has 0 aromatic heterocycles. The summed E-state index contributed by atoms with van der Waals surface area (Å²) >= 11 is 0. The molecule has 1 aromatic carbocycles. The number of nitrogens with two attached hydrogens (primary N) is 1. The van der Waals surface area contributed by atoms with Crippen molar-refractivity contribution in [3.63, 3.8) is 0 Å². The molecule has 0 spiro atoms. The Hall–Kier alpha value is -1.02. The first-order chi connectivity index (χ1) is 6.31. The van der Waals surface area contributed by atoms with Gasteiger partial charge in [0.05, 0.1) is 7.11 Å². The molecule has 1 aliphatic carbocycles. The largest absolute Gasteiger partial charge is 0.497 e. The molecular formula is C11H15NO. The summed E-state index contributed by atoms with van der Waals surface area (Å²) in [6, 6.07) is 8.60.